The van der Waals surface area contributed by atoms with Crippen molar-refractivity contribution in [1.82, 2.24) is 15.0 Å². The second-order valence-corrected chi connectivity index (χ2v) is 7.11. The number of carbonyl (C=O) groups excluding carboxylic acids is 2. The lowest BCUT2D eigenvalue weighted by Gasteiger charge is -2.34. The summed E-state index contributed by atoms with van der Waals surface area (Å²) in [4.78, 5) is 21.7. The maximum Gasteiger partial charge on any atom is 0.186 e. The summed E-state index contributed by atoms with van der Waals surface area (Å²) in [5.41, 5.74) is 0.849. The van der Waals surface area contributed by atoms with Crippen molar-refractivity contribution >= 4 is 33.8 Å². The van der Waals surface area contributed by atoms with E-state index in [0.717, 1.165) is 24.3 Å². The zero-order valence-corrected chi connectivity index (χ0v) is 12.7. The first kappa shape index (κ1) is 14.6. The Morgan fingerprint density at radius 2 is 2.00 bits per heavy atom. The van der Waals surface area contributed by atoms with Crippen molar-refractivity contribution in [3.05, 3.63) is 11.9 Å². The van der Waals surface area contributed by atoms with Crippen LogP contribution in [0.3, 0.4) is 0 Å². The molecule has 0 unspecified atom stereocenters. The van der Waals surface area contributed by atoms with Crippen LogP contribution >= 0.6 is 23.5 Å². The molecule has 0 atom stereocenters. The topological polar surface area (TPSA) is 64.8 Å². The van der Waals surface area contributed by atoms with Crippen LogP contribution in [0.25, 0.3) is 0 Å². The normalized spacial score (nSPS) is 22.0. The monoisotopic (exact) mass is 299 g/mol. The molecule has 0 radical (unpaired) electrons. The number of aromatic nitrogens is 3. The van der Waals surface area contributed by atoms with E-state index < -0.39 is 0 Å². The van der Waals surface area contributed by atoms with Gasteiger partial charge in [0.1, 0.15) is 0 Å². The number of carbonyl (C=O) groups is 2. The van der Waals surface area contributed by atoms with Gasteiger partial charge in [-0.2, -0.15) is 0 Å². The Kier molecular flexibility index (Phi) is 5.04. The molecule has 19 heavy (non-hydrogen) atoms. The van der Waals surface area contributed by atoms with Crippen molar-refractivity contribution in [2.75, 3.05) is 5.75 Å². The van der Waals surface area contributed by atoms with Crippen LogP contribution in [0.4, 0.5) is 0 Å². The minimum atomic E-state index is 0.0968. The van der Waals surface area contributed by atoms with Crippen LogP contribution in [0.2, 0.25) is 0 Å². The van der Waals surface area contributed by atoms with Crippen LogP contribution < -0.4 is 0 Å². The van der Waals surface area contributed by atoms with Crippen LogP contribution in [0.15, 0.2) is 6.20 Å². The molecule has 7 heteroatoms. The highest BCUT2D eigenvalue weighted by Gasteiger charge is 2.31. The van der Waals surface area contributed by atoms with Gasteiger partial charge in [0.05, 0.1) is 11.7 Å². The molecule has 1 fully saturated rings. The van der Waals surface area contributed by atoms with Gasteiger partial charge in [-0.15, -0.1) is 5.10 Å². The van der Waals surface area contributed by atoms with Gasteiger partial charge in [0.2, 0.25) is 0 Å². The molecule has 0 bridgehead atoms. The van der Waals surface area contributed by atoms with E-state index >= 15 is 0 Å². The molecule has 1 aliphatic rings. The molecule has 2 rings (SSSR count). The Hall–Kier alpha value is -0.820. The van der Waals surface area contributed by atoms with Gasteiger partial charge in [-0.1, -0.05) is 28.7 Å². The van der Waals surface area contributed by atoms with Gasteiger partial charge in [-0.25, -0.2) is 4.68 Å². The second kappa shape index (κ2) is 6.56. The van der Waals surface area contributed by atoms with Gasteiger partial charge in [0.25, 0.3) is 0 Å². The molecular weight excluding hydrogens is 282 g/mol. The number of hydrogen-bond donors (Lipinski definition) is 0. The zero-order valence-electron chi connectivity index (χ0n) is 11.0. The highest BCUT2D eigenvalue weighted by atomic mass is 32.2. The van der Waals surface area contributed by atoms with E-state index in [4.69, 9.17) is 0 Å². The van der Waals surface area contributed by atoms with E-state index in [-0.39, 0.29) is 10.2 Å². The smallest absolute Gasteiger partial charge is 0.186 e. The molecule has 104 valence electrons. The molecule has 0 N–H and O–H groups in total. The fourth-order valence-corrected chi connectivity index (χ4v) is 3.25. The van der Waals surface area contributed by atoms with Gasteiger partial charge >= 0.3 is 0 Å². The van der Waals surface area contributed by atoms with Crippen LogP contribution in [0.1, 0.15) is 38.4 Å². The summed E-state index contributed by atoms with van der Waals surface area (Å²) in [7, 11) is 0. The standard InChI is InChI=1S/C12H17N3O2S2/c1-8(16)18-6-10-3-12(4-10)15-5-11(13-14-15)7-19-9(2)17/h5,10,12H,3-4,6-7H2,1-2H3. The average molecular weight is 299 g/mol. The summed E-state index contributed by atoms with van der Waals surface area (Å²) in [6, 6.07) is 0.404. The minimum absolute atomic E-state index is 0.0968. The van der Waals surface area contributed by atoms with E-state index in [2.05, 4.69) is 10.3 Å². The quantitative estimate of drug-likeness (QED) is 0.831. The van der Waals surface area contributed by atoms with Crippen LogP contribution in [-0.4, -0.2) is 31.0 Å². The van der Waals surface area contributed by atoms with Crippen LogP contribution in [0.5, 0.6) is 0 Å². The highest BCUT2D eigenvalue weighted by Crippen LogP contribution is 2.39. The third kappa shape index (κ3) is 4.35. The van der Waals surface area contributed by atoms with E-state index in [1.807, 2.05) is 10.9 Å². The summed E-state index contributed by atoms with van der Waals surface area (Å²) < 4.78 is 1.89. The van der Waals surface area contributed by atoms with Gasteiger partial charge in [0.15, 0.2) is 10.2 Å². The summed E-state index contributed by atoms with van der Waals surface area (Å²) in [5.74, 6) is 2.11. The van der Waals surface area contributed by atoms with Gasteiger partial charge < -0.3 is 0 Å². The van der Waals surface area contributed by atoms with Crippen LogP contribution in [0, 0.1) is 5.92 Å². The molecule has 5 nitrogen and oxygen atoms in total. The first-order valence-electron chi connectivity index (χ1n) is 6.22. The van der Waals surface area contributed by atoms with Gasteiger partial charge in [0, 0.05) is 31.6 Å². The van der Waals surface area contributed by atoms with E-state index in [1.165, 1.54) is 23.5 Å². The molecule has 0 saturated heterocycles. The van der Waals surface area contributed by atoms with Crippen molar-refractivity contribution < 1.29 is 9.59 Å². The summed E-state index contributed by atoms with van der Waals surface area (Å²) >= 11 is 2.66. The Bertz CT molecular complexity index is 469. The first-order chi connectivity index (χ1) is 9.04. The molecule has 1 saturated carbocycles. The molecule has 1 aromatic rings. The second-order valence-electron chi connectivity index (χ2n) is 4.76. The molecule has 0 aromatic carbocycles. The number of rotatable bonds is 5. The summed E-state index contributed by atoms with van der Waals surface area (Å²) in [6.07, 6.45) is 4.04. The van der Waals surface area contributed by atoms with E-state index in [9.17, 15) is 9.59 Å². The third-order valence-corrected chi connectivity index (χ3v) is 4.98. The summed E-state index contributed by atoms with van der Waals surface area (Å²) in [6.45, 7) is 3.16. The lowest BCUT2D eigenvalue weighted by atomic mass is 9.82. The highest BCUT2D eigenvalue weighted by molar-refractivity contribution is 8.13. The summed E-state index contributed by atoms with van der Waals surface area (Å²) in [5, 5.41) is 8.47. The molecular formula is C12H17N3O2S2. The van der Waals surface area contributed by atoms with Crippen molar-refractivity contribution in [3.8, 4) is 0 Å². The molecule has 0 spiro atoms. The molecule has 1 aromatic heterocycles. The minimum Gasteiger partial charge on any atom is -0.288 e. The molecule has 1 heterocycles. The number of thioether (sulfide) groups is 2. The van der Waals surface area contributed by atoms with Crippen molar-refractivity contribution in [2.45, 2.75) is 38.5 Å². The van der Waals surface area contributed by atoms with Crippen LogP contribution in [-0.2, 0) is 15.3 Å². The third-order valence-electron chi connectivity index (χ3n) is 3.09. The van der Waals surface area contributed by atoms with Crippen molar-refractivity contribution in [2.24, 2.45) is 5.92 Å². The zero-order chi connectivity index (χ0) is 13.8. The maximum atomic E-state index is 10.9. The van der Waals surface area contributed by atoms with Gasteiger partial charge in [-0.05, 0) is 18.8 Å². The lowest BCUT2D eigenvalue weighted by Crippen LogP contribution is -2.29. The fourth-order valence-electron chi connectivity index (χ4n) is 2.02. The molecule has 0 amide bonds. The molecule has 1 aliphatic carbocycles. The molecule has 0 aliphatic heterocycles. The predicted octanol–water partition coefficient (Wildman–Crippen LogP) is 2.29. The van der Waals surface area contributed by atoms with E-state index in [1.54, 1.807) is 13.8 Å². The Balaban J connectivity index is 1.75. The lowest BCUT2D eigenvalue weighted by molar-refractivity contribution is -0.109. The number of nitrogens with zero attached hydrogens (tertiary/aromatic N) is 3. The number of hydrogen-bond acceptors (Lipinski definition) is 6. The Labute approximate surface area is 120 Å². The maximum absolute atomic E-state index is 10.9. The van der Waals surface area contributed by atoms with Crippen molar-refractivity contribution in [1.29, 1.82) is 0 Å². The fraction of sp³-hybridized carbons (Fsp3) is 0.667. The Morgan fingerprint density at radius 1 is 1.32 bits per heavy atom. The SMILES string of the molecule is CC(=O)SCc1cn(C2CC(CSC(C)=O)C2)nn1. The average Bonchev–Trinajstić information content (AvgIpc) is 2.72. The largest absolute Gasteiger partial charge is 0.288 e. The predicted molar refractivity (Wildman–Crippen MR) is 76.9 cm³/mol. The van der Waals surface area contributed by atoms with Gasteiger partial charge in [-0.3, -0.25) is 9.59 Å². The Morgan fingerprint density at radius 3 is 2.63 bits per heavy atom. The van der Waals surface area contributed by atoms with Crippen molar-refractivity contribution in [3.63, 3.8) is 0 Å². The first-order valence-corrected chi connectivity index (χ1v) is 8.19. The van der Waals surface area contributed by atoms with E-state index in [0.29, 0.717) is 17.7 Å².